The van der Waals surface area contributed by atoms with E-state index in [9.17, 15) is 8.42 Å². The lowest BCUT2D eigenvalue weighted by atomic mass is 9.95. The molecule has 0 bridgehead atoms. The van der Waals surface area contributed by atoms with Gasteiger partial charge in [-0.2, -0.15) is 0 Å². The molecule has 16 heteroatoms. The fourth-order valence-corrected chi connectivity index (χ4v) is 7.96. The monoisotopic (exact) mass is 719 g/mol. The summed E-state index contributed by atoms with van der Waals surface area (Å²) in [7, 11) is -2.14. The van der Waals surface area contributed by atoms with Gasteiger partial charge in [-0.25, -0.2) is 33.1 Å². The Kier molecular flexibility index (Phi) is 10.4. The Labute approximate surface area is 297 Å². The highest BCUT2D eigenvalue weighted by Gasteiger charge is 2.41. The molecule has 0 aliphatic carbocycles. The third kappa shape index (κ3) is 7.67. The highest BCUT2D eigenvalue weighted by Crippen LogP contribution is 2.45. The van der Waals surface area contributed by atoms with Gasteiger partial charge in [0.05, 0.1) is 42.7 Å². The molecule has 50 heavy (non-hydrogen) atoms. The van der Waals surface area contributed by atoms with Crippen molar-refractivity contribution in [2.75, 3.05) is 82.8 Å². The minimum absolute atomic E-state index is 0.0250. The Morgan fingerprint density at radius 3 is 2.54 bits per heavy atom. The van der Waals surface area contributed by atoms with E-state index in [2.05, 4.69) is 45.8 Å². The second kappa shape index (κ2) is 15.2. The fraction of sp³-hybridized carbons (Fsp3) is 0.441. The first-order chi connectivity index (χ1) is 24.4. The third-order valence-corrected chi connectivity index (χ3v) is 11.0. The number of sulfonamides is 1. The molecule has 4 aliphatic rings. The summed E-state index contributed by atoms with van der Waals surface area (Å²) in [6, 6.07) is 12.4. The number of hydrogen-bond acceptors (Lipinski definition) is 13. The highest BCUT2D eigenvalue weighted by atomic mass is 32.2. The lowest BCUT2D eigenvalue weighted by Gasteiger charge is -2.40. The van der Waals surface area contributed by atoms with Gasteiger partial charge in [0.15, 0.2) is 11.5 Å². The van der Waals surface area contributed by atoms with Gasteiger partial charge in [-0.05, 0) is 41.8 Å². The van der Waals surface area contributed by atoms with Crippen molar-refractivity contribution in [3.63, 3.8) is 0 Å². The van der Waals surface area contributed by atoms with E-state index < -0.39 is 10.0 Å². The zero-order chi connectivity index (χ0) is 34.5. The minimum Gasteiger partial charge on any atom is -0.493 e. The van der Waals surface area contributed by atoms with Gasteiger partial charge in [-0.3, -0.25) is 4.90 Å². The first kappa shape index (κ1) is 34.1. The van der Waals surface area contributed by atoms with E-state index in [-0.39, 0.29) is 22.9 Å². The van der Waals surface area contributed by atoms with Crippen LogP contribution in [-0.4, -0.2) is 129 Å². The summed E-state index contributed by atoms with van der Waals surface area (Å²) in [5, 5.41) is 3.56. The number of fused-ring (bicyclic) bond motifs is 3. The van der Waals surface area contributed by atoms with E-state index in [0.29, 0.717) is 18.8 Å². The molecule has 2 N–H and O–H groups in total. The lowest BCUT2D eigenvalue weighted by molar-refractivity contribution is 0.0357. The number of ether oxygens (including phenoxy) is 3. The summed E-state index contributed by atoms with van der Waals surface area (Å²) in [5.41, 5.74) is 3.02. The van der Waals surface area contributed by atoms with Gasteiger partial charge in [0.2, 0.25) is 5.95 Å². The molecule has 0 spiro atoms. The van der Waals surface area contributed by atoms with Crippen molar-refractivity contribution in [2.24, 2.45) is 9.98 Å². The standard InChI is InChI=1S/C34H41N9O5S2/c1-46-28-22-27-26(21-29(28)48-17-3-10-41-15-18-47-19-16-41)31-32(39-27)37-23-38-33(31)43-13-11-42(12-14-43)30(49)20-24-4-6-25(7-5-24)50(44,45)40-34-35-8-2-9-36-34/h2,4-9,21-23,31-32,39H,3,10-20H2,1H3,(H,35,36,40). The Balaban J connectivity index is 0.949. The summed E-state index contributed by atoms with van der Waals surface area (Å²) < 4.78 is 45.4. The Bertz CT molecular complexity index is 1830. The molecule has 5 heterocycles. The second-order valence-electron chi connectivity index (χ2n) is 12.4. The summed E-state index contributed by atoms with van der Waals surface area (Å²) >= 11 is 5.85. The van der Waals surface area contributed by atoms with Crippen LogP contribution in [0.2, 0.25) is 0 Å². The van der Waals surface area contributed by atoms with E-state index in [1.807, 2.05) is 6.07 Å². The smallest absolute Gasteiger partial charge is 0.264 e. The number of aliphatic imine (C=N–C) groups is 2. The number of morpholine rings is 1. The van der Waals surface area contributed by atoms with Gasteiger partial charge in [0.25, 0.3) is 10.0 Å². The molecule has 7 rings (SSSR count). The van der Waals surface area contributed by atoms with Gasteiger partial charge < -0.3 is 29.3 Å². The summed E-state index contributed by atoms with van der Waals surface area (Å²) in [4.78, 5) is 25.2. The van der Waals surface area contributed by atoms with Crippen molar-refractivity contribution >= 4 is 51.0 Å². The Morgan fingerprint density at radius 2 is 1.80 bits per heavy atom. The molecule has 3 aromatic rings. The molecule has 2 fully saturated rings. The average Bonchev–Trinajstić information content (AvgIpc) is 3.51. The molecule has 2 unspecified atom stereocenters. The number of nitrogens with zero attached hydrogens (tertiary/aromatic N) is 7. The van der Waals surface area contributed by atoms with Crippen LogP contribution in [0, 0.1) is 0 Å². The van der Waals surface area contributed by atoms with Gasteiger partial charge in [0.1, 0.15) is 18.3 Å². The van der Waals surface area contributed by atoms with Crippen molar-refractivity contribution in [3.8, 4) is 11.5 Å². The molecule has 2 aromatic carbocycles. The number of rotatable bonds is 11. The predicted octanol–water partition coefficient (Wildman–Crippen LogP) is 2.85. The Hall–Kier alpha value is -4.38. The topological polar surface area (TPSA) is 146 Å². The van der Waals surface area contributed by atoms with E-state index in [0.717, 1.165) is 98.8 Å². The predicted molar refractivity (Wildman–Crippen MR) is 195 cm³/mol. The van der Waals surface area contributed by atoms with E-state index >= 15 is 0 Å². The van der Waals surface area contributed by atoms with Crippen LogP contribution >= 0.6 is 12.2 Å². The molecule has 4 aliphatic heterocycles. The zero-order valence-electron chi connectivity index (χ0n) is 27.9. The number of hydrogen-bond donors (Lipinski definition) is 2. The normalized spacial score (nSPS) is 20.4. The van der Waals surface area contributed by atoms with Gasteiger partial charge in [0, 0.05) is 76.4 Å². The highest BCUT2D eigenvalue weighted by molar-refractivity contribution is 7.92. The molecule has 2 atom stereocenters. The van der Waals surface area contributed by atoms with Crippen molar-refractivity contribution in [3.05, 3.63) is 66.0 Å². The van der Waals surface area contributed by atoms with Crippen molar-refractivity contribution in [1.29, 1.82) is 0 Å². The van der Waals surface area contributed by atoms with Crippen LogP contribution in [-0.2, 0) is 21.2 Å². The Morgan fingerprint density at radius 1 is 1.04 bits per heavy atom. The number of thiocarbonyl (C=S) groups is 1. The molecule has 264 valence electrons. The molecular formula is C34H41N9O5S2. The van der Waals surface area contributed by atoms with Gasteiger partial charge >= 0.3 is 0 Å². The van der Waals surface area contributed by atoms with Crippen molar-refractivity contribution in [2.45, 2.75) is 29.8 Å². The van der Waals surface area contributed by atoms with E-state index in [1.165, 1.54) is 12.4 Å². The molecule has 0 amide bonds. The van der Waals surface area contributed by atoms with Gasteiger partial charge in [-0.15, -0.1) is 0 Å². The quantitative estimate of drug-likeness (QED) is 0.222. The largest absolute Gasteiger partial charge is 0.493 e. The van der Waals surface area contributed by atoms with Crippen LogP contribution in [0.15, 0.2) is 69.7 Å². The van der Waals surface area contributed by atoms with Crippen LogP contribution in [0.5, 0.6) is 11.5 Å². The maximum atomic E-state index is 12.8. The summed E-state index contributed by atoms with van der Waals surface area (Å²) in [6.07, 6.45) is 5.91. The number of piperazine rings is 1. The van der Waals surface area contributed by atoms with Crippen LogP contribution < -0.4 is 19.5 Å². The van der Waals surface area contributed by atoms with Crippen molar-refractivity contribution < 1.29 is 22.6 Å². The number of anilines is 2. The van der Waals surface area contributed by atoms with E-state index in [1.54, 1.807) is 43.8 Å². The summed E-state index contributed by atoms with van der Waals surface area (Å²) in [5.74, 6) is 2.38. The van der Waals surface area contributed by atoms with Crippen LogP contribution in [0.25, 0.3) is 0 Å². The fourth-order valence-electron chi connectivity index (χ4n) is 6.65. The zero-order valence-corrected chi connectivity index (χ0v) is 29.5. The second-order valence-corrected chi connectivity index (χ2v) is 14.6. The first-order valence-electron chi connectivity index (χ1n) is 16.8. The number of benzene rings is 2. The van der Waals surface area contributed by atoms with Crippen LogP contribution in [0.4, 0.5) is 11.6 Å². The third-order valence-electron chi connectivity index (χ3n) is 9.30. The maximum absolute atomic E-state index is 12.8. The number of aromatic nitrogens is 2. The summed E-state index contributed by atoms with van der Waals surface area (Å²) in [6.45, 7) is 8.10. The molecule has 0 radical (unpaired) electrons. The average molecular weight is 720 g/mol. The number of amidine groups is 1. The first-order valence-corrected chi connectivity index (χ1v) is 18.7. The van der Waals surface area contributed by atoms with Crippen LogP contribution in [0.3, 0.4) is 0 Å². The molecule has 2 saturated heterocycles. The molecule has 1 aromatic heterocycles. The number of nitrogens with one attached hydrogen (secondary N) is 2. The molecular weight excluding hydrogens is 679 g/mol. The maximum Gasteiger partial charge on any atom is 0.264 e. The lowest BCUT2D eigenvalue weighted by Crippen LogP contribution is -2.53. The molecule has 14 nitrogen and oxygen atoms in total. The van der Waals surface area contributed by atoms with Gasteiger partial charge in [-0.1, -0.05) is 24.4 Å². The van der Waals surface area contributed by atoms with Crippen LogP contribution in [0.1, 0.15) is 23.5 Å². The SMILES string of the molecule is COc1cc2c(cc1OCCCN1CCOCC1)C1C(N3CCN(C(=S)Cc4ccc(S(=O)(=O)Nc5ncccn5)cc4)CC3)=NC=NC1N2. The van der Waals surface area contributed by atoms with E-state index in [4.69, 9.17) is 31.4 Å². The van der Waals surface area contributed by atoms with Crippen molar-refractivity contribution in [1.82, 2.24) is 24.7 Å². The minimum atomic E-state index is -3.80. The molecule has 0 saturated carbocycles. The number of methoxy groups -OCH3 is 1.